The summed E-state index contributed by atoms with van der Waals surface area (Å²) >= 11 is 0. The van der Waals surface area contributed by atoms with Crippen LogP contribution in [0.4, 0.5) is 11.6 Å². The predicted molar refractivity (Wildman–Crippen MR) is 117 cm³/mol. The van der Waals surface area contributed by atoms with E-state index in [0.29, 0.717) is 38.0 Å². The fourth-order valence-corrected chi connectivity index (χ4v) is 5.56. The highest BCUT2D eigenvalue weighted by Gasteiger charge is 2.29. The molecule has 0 saturated carbocycles. The maximum absolute atomic E-state index is 12.9. The molecule has 1 aromatic carbocycles. The number of nitrogens with zero attached hydrogens (tertiary/aromatic N) is 5. The van der Waals surface area contributed by atoms with Gasteiger partial charge in [0.1, 0.15) is 5.75 Å². The van der Waals surface area contributed by atoms with Crippen LogP contribution >= 0.6 is 0 Å². The topological polar surface area (TPSA) is 78.9 Å². The quantitative estimate of drug-likeness (QED) is 0.719. The van der Waals surface area contributed by atoms with Crippen LogP contribution in [0.15, 0.2) is 41.3 Å². The minimum Gasteiger partial charge on any atom is -0.497 e. The van der Waals surface area contributed by atoms with Gasteiger partial charge in [-0.15, -0.1) is 10.2 Å². The highest BCUT2D eigenvalue weighted by atomic mass is 32.2. The van der Waals surface area contributed by atoms with Crippen molar-refractivity contribution in [2.24, 2.45) is 0 Å². The molecule has 30 heavy (non-hydrogen) atoms. The molecule has 0 N–H and O–H groups in total. The zero-order chi connectivity index (χ0) is 21.1. The van der Waals surface area contributed by atoms with E-state index >= 15 is 0 Å². The van der Waals surface area contributed by atoms with Gasteiger partial charge in [0.15, 0.2) is 11.6 Å². The molecule has 8 nitrogen and oxygen atoms in total. The molecule has 2 aliphatic heterocycles. The number of piperidine rings is 1. The first-order valence-electron chi connectivity index (χ1n) is 10.5. The van der Waals surface area contributed by atoms with Crippen LogP contribution in [0.5, 0.6) is 5.75 Å². The van der Waals surface area contributed by atoms with E-state index in [1.807, 2.05) is 12.1 Å². The molecule has 2 saturated heterocycles. The molecule has 0 spiro atoms. The number of anilines is 2. The maximum atomic E-state index is 12.9. The average Bonchev–Trinajstić information content (AvgIpc) is 2.80. The van der Waals surface area contributed by atoms with E-state index in [0.717, 1.165) is 18.2 Å². The van der Waals surface area contributed by atoms with Crippen molar-refractivity contribution in [3.8, 4) is 5.75 Å². The second kappa shape index (κ2) is 8.77. The molecule has 0 bridgehead atoms. The van der Waals surface area contributed by atoms with Crippen LogP contribution in [-0.2, 0) is 10.0 Å². The molecule has 9 heteroatoms. The van der Waals surface area contributed by atoms with Crippen molar-refractivity contribution >= 4 is 21.7 Å². The Morgan fingerprint density at radius 3 is 2.17 bits per heavy atom. The smallest absolute Gasteiger partial charge is 0.243 e. The van der Waals surface area contributed by atoms with E-state index in [4.69, 9.17) is 4.74 Å². The van der Waals surface area contributed by atoms with Gasteiger partial charge in [0.2, 0.25) is 10.0 Å². The summed E-state index contributed by atoms with van der Waals surface area (Å²) in [4.78, 5) is 4.70. The van der Waals surface area contributed by atoms with Gasteiger partial charge in [-0.25, -0.2) is 8.42 Å². The van der Waals surface area contributed by atoms with E-state index in [-0.39, 0.29) is 4.90 Å². The lowest BCUT2D eigenvalue weighted by Gasteiger charge is -2.35. The summed E-state index contributed by atoms with van der Waals surface area (Å²) < 4.78 is 32.5. The largest absolute Gasteiger partial charge is 0.497 e. The Balaban J connectivity index is 1.39. The van der Waals surface area contributed by atoms with Crippen molar-refractivity contribution < 1.29 is 13.2 Å². The zero-order valence-electron chi connectivity index (χ0n) is 17.6. The third-order valence-electron chi connectivity index (χ3n) is 5.99. The van der Waals surface area contributed by atoms with Crippen molar-refractivity contribution in [3.05, 3.63) is 36.4 Å². The summed E-state index contributed by atoms with van der Waals surface area (Å²) in [7, 11) is -1.95. The van der Waals surface area contributed by atoms with Crippen molar-refractivity contribution in [3.63, 3.8) is 0 Å². The first-order valence-corrected chi connectivity index (χ1v) is 11.9. The van der Waals surface area contributed by atoms with Crippen molar-refractivity contribution in [2.75, 3.05) is 49.6 Å². The minimum absolute atomic E-state index is 0.288. The number of methoxy groups -OCH3 is 1. The van der Waals surface area contributed by atoms with Gasteiger partial charge in [-0.2, -0.15) is 4.31 Å². The highest BCUT2D eigenvalue weighted by Crippen LogP contribution is 2.25. The lowest BCUT2D eigenvalue weighted by atomic mass is 10.0. The zero-order valence-corrected chi connectivity index (χ0v) is 18.4. The van der Waals surface area contributed by atoms with Crippen LogP contribution in [0.1, 0.15) is 26.2 Å². The van der Waals surface area contributed by atoms with E-state index in [1.54, 1.807) is 31.4 Å². The van der Waals surface area contributed by atoms with E-state index in [1.165, 1.54) is 23.6 Å². The molecular formula is C21H29N5O3S. The summed E-state index contributed by atoms with van der Waals surface area (Å²) in [6, 6.07) is 11.0. The number of aromatic nitrogens is 2. The Bertz CT molecular complexity index is 942. The van der Waals surface area contributed by atoms with Gasteiger partial charge in [0.25, 0.3) is 0 Å². The van der Waals surface area contributed by atoms with Gasteiger partial charge < -0.3 is 14.5 Å². The number of sulfonamides is 1. The SMILES string of the molecule is COc1ccc(S(=O)(=O)N2CCN(c3ccc(N4CCCCC4C)nn3)CC2)cc1. The van der Waals surface area contributed by atoms with Gasteiger partial charge in [0.05, 0.1) is 12.0 Å². The Labute approximate surface area is 178 Å². The Kier molecular flexibility index (Phi) is 6.10. The normalized spacial score (nSPS) is 20.9. The molecule has 162 valence electrons. The monoisotopic (exact) mass is 431 g/mol. The number of ether oxygens (including phenoxy) is 1. The van der Waals surface area contributed by atoms with Crippen LogP contribution in [0.3, 0.4) is 0 Å². The Morgan fingerprint density at radius 2 is 1.57 bits per heavy atom. The molecule has 0 aliphatic carbocycles. The summed E-state index contributed by atoms with van der Waals surface area (Å²) in [5.41, 5.74) is 0. The number of hydrogen-bond donors (Lipinski definition) is 0. The average molecular weight is 432 g/mol. The molecule has 0 amide bonds. The number of rotatable bonds is 5. The van der Waals surface area contributed by atoms with Gasteiger partial charge >= 0.3 is 0 Å². The third-order valence-corrected chi connectivity index (χ3v) is 7.91. The van der Waals surface area contributed by atoms with E-state index in [9.17, 15) is 8.42 Å². The van der Waals surface area contributed by atoms with Crippen LogP contribution in [0.25, 0.3) is 0 Å². The van der Waals surface area contributed by atoms with E-state index < -0.39 is 10.0 Å². The maximum Gasteiger partial charge on any atom is 0.243 e. The first kappa shape index (κ1) is 20.9. The Morgan fingerprint density at radius 1 is 0.900 bits per heavy atom. The molecule has 0 radical (unpaired) electrons. The fourth-order valence-electron chi connectivity index (χ4n) is 4.13. The van der Waals surface area contributed by atoms with Gasteiger partial charge in [-0.05, 0) is 62.6 Å². The minimum atomic E-state index is -3.51. The summed E-state index contributed by atoms with van der Waals surface area (Å²) in [5, 5.41) is 8.88. The summed E-state index contributed by atoms with van der Waals surface area (Å²) in [6.45, 7) is 5.27. The summed E-state index contributed by atoms with van der Waals surface area (Å²) in [5.74, 6) is 2.36. The third kappa shape index (κ3) is 4.22. The Hall–Kier alpha value is -2.39. The van der Waals surface area contributed by atoms with Crippen LogP contribution < -0.4 is 14.5 Å². The molecule has 1 unspecified atom stereocenters. The second-order valence-corrected chi connectivity index (χ2v) is 9.79. The number of piperazine rings is 1. The number of benzene rings is 1. The van der Waals surface area contributed by atoms with Crippen molar-refractivity contribution in [1.82, 2.24) is 14.5 Å². The van der Waals surface area contributed by atoms with Crippen molar-refractivity contribution in [1.29, 1.82) is 0 Å². The van der Waals surface area contributed by atoms with Crippen LogP contribution in [-0.4, -0.2) is 68.8 Å². The predicted octanol–water partition coefficient (Wildman–Crippen LogP) is 2.37. The molecule has 1 atom stereocenters. The molecular weight excluding hydrogens is 402 g/mol. The lowest BCUT2D eigenvalue weighted by molar-refractivity contribution is 0.383. The van der Waals surface area contributed by atoms with Gasteiger partial charge in [0, 0.05) is 38.8 Å². The molecule has 2 aromatic rings. The molecule has 4 rings (SSSR count). The van der Waals surface area contributed by atoms with Crippen molar-refractivity contribution in [2.45, 2.75) is 37.1 Å². The van der Waals surface area contributed by atoms with Gasteiger partial charge in [-0.1, -0.05) is 0 Å². The molecule has 2 aliphatic rings. The summed E-state index contributed by atoms with van der Waals surface area (Å²) in [6.07, 6.45) is 3.65. The molecule has 1 aromatic heterocycles. The van der Waals surface area contributed by atoms with Crippen LogP contribution in [0.2, 0.25) is 0 Å². The lowest BCUT2D eigenvalue weighted by Crippen LogP contribution is -2.49. The molecule has 3 heterocycles. The van der Waals surface area contributed by atoms with Gasteiger partial charge in [-0.3, -0.25) is 0 Å². The van der Waals surface area contributed by atoms with E-state index in [2.05, 4.69) is 26.9 Å². The first-order chi connectivity index (χ1) is 14.5. The van der Waals surface area contributed by atoms with Crippen LogP contribution in [0, 0.1) is 0 Å². The highest BCUT2D eigenvalue weighted by molar-refractivity contribution is 7.89. The fraction of sp³-hybridized carbons (Fsp3) is 0.524. The number of hydrogen-bond acceptors (Lipinski definition) is 7. The molecule has 2 fully saturated rings. The standard InChI is InChI=1S/C21H29N5O3S/c1-17-5-3-4-12-26(17)21-11-10-20(22-23-21)24-13-15-25(16-14-24)30(27,28)19-8-6-18(29-2)7-9-19/h6-11,17H,3-5,12-16H2,1-2H3. The second-order valence-electron chi connectivity index (χ2n) is 7.85.